The fraction of sp³-hybridized carbons (Fsp3) is 0.500. The smallest absolute Gasteiger partial charge is 0.323 e. The Labute approximate surface area is 123 Å². The van der Waals surface area contributed by atoms with Crippen molar-refractivity contribution in [3.8, 4) is 0 Å². The average molecular weight is 302 g/mol. The van der Waals surface area contributed by atoms with E-state index in [1.165, 1.54) is 0 Å². The molecule has 2 rings (SSSR count). The lowest BCUT2D eigenvalue weighted by molar-refractivity contribution is -0.148. The number of carbonyl (C=O) groups excluding carboxylic acids is 1. The van der Waals surface area contributed by atoms with Crippen LogP contribution < -0.4 is 0 Å². The highest BCUT2D eigenvalue weighted by Crippen LogP contribution is 2.26. The van der Waals surface area contributed by atoms with Crippen molar-refractivity contribution in [2.24, 2.45) is 0 Å². The predicted octanol–water partition coefficient (Wildman–Crippen LogP) is 3.52. The summed E-state index contributed by atoms with van der Waals surface area (Å²) >= 11 is 11.9. The van der Waals surface area contributed by atoms with Crippen LogP contribution in [0.15, 0.2) is 18.2 Å². The minimum absolute atomic E-state index is 0.125. The molecule has 3 nitrogen and oxygen atoms in total. The zero-order valence-electron chi connectivity index (χ0n) is 10.9. The first kappa shape index (κ1) is 14.6. The van der Waals surface area contributed by atoms with E-state index in [-0.39, 0.29) is 12.0 Å². The summed E-state index contributed by atoms with van der Waals surface area (Å²) in [7, 11) is 0. The number of ether oxygens (including phenoxy) is 1. The van der Waals surface area contributed by atoms with Crippen molar-refractivity contribution in [3.63, 3.8) is 0 Å². The van der Waals surface area contributed by atoms with E-state index in [1.807, 2.05) is 19.1 Å². The third-order valence-electron chi connectivity index (χ3n) is 3.29. The van der Waals surface area contributed by atoms with Crippen molar-refractivity contribution in [2.75, 3.05) is 13.2 Å². The summed E-state index contributed by atoms with van der Waals surface area (Å²) in [5, 5.41) is 1.10. The Hall–Kier alpha value is -0.770. The number of benzene rings is 1. The van der Waals surface area contributed by atoms with Gasteiger partial charge in [0.2, 0.25) is 0 Å². The highest BCUT2D eigenvalue weighted by atomic mass is 35.5. The molecule has 0 bridgehead atoms. The molecule has 0 aliphatic carbocycles. The van der Waals surface area contributed by atoms with Gasteiger partial charge in [0.05, 0.1) is 16.7 Å². The van der Waals surface area contributed by atoms with E-state index in [4.69, 9.17) is 27.9 Å². The number of halogens is 2. The normalized spacial score (nSPS) is 19.6. The number of nitrogens with zero attached hydrogens (tertiary/aromatic N) is 1. The van der Waals surface area contributed by atoms with Crippen LogP contribution in [0.2, 0.25) is 10.0 Å². The molecule has 1 unspecified atom stereocenters. The topological polar surface area (TPSA) is 29.5 Å². The van der Waals surface area contributed by atoms with Crippen LogP contribution in [0.5, 0.6) is 0 Å². The SMILES string of the molecule is CCOC(=O)C1CCCN1Cc1ccc(Cl)c(Cl)c1. The van der Waals surface area contributed by atoms with Crippen LogP contribution in [0.25, 0.3) is 0 Å². The van der Waals surface area contributed by atoms with Crippen molar-refractivity contribution in [3.05, 3.63) is 33.8 Å². The summed E-state index contributed by atoms with van der Waals surface area (Å²) in [6.45, 7) is 3.86. The fourth-order valence-electron chi connectivity index (χ4n) is 2.39. The number of likely N-dealkylation sites (tertiary alicyclic amines) is 1. The molecule has 1 fully saturated rings. The molecule has 0 spiro atoms. The minimum Gasteiger partial charge on any atom is -0.465 e. The van der Waals surface area contributed by atoms with E-state index in [0.29, 0.717) is 23.2 Å². The molecule has 1 heterocycles. The summed E-state index contributed by atoms with van der Waals surface area (Å²) in [5.41, 5.74) is 1.06. The first-order valence-corrected chi connectivity index (χ1v) is 7.22. The van der Waals surface area contributed by atoms with Crippen molar-refractivity contribution in [1.29, 1.82) is 0 Å². The lowest BCUT2D eigenvalue weighted by atomic mass is 10.2. The van der Waals surface area contributed by atoms with Crippen LogP contribution in [-0.2, 0) is 16.1 Å². The maximum atomic E-state index is 11.9. The third kappa shape index (κ3) is 3.62. The molecule has 0 N–H and O–H groups in total. The summed E-state index contributed by atoms with van der Waals surface area (Å²) in [6.07, 6.45) is 1.88. The van der Waals surface area contributed by atoms with Gasteiger partial charge >= 0.3 is 5.97 Å². The summed E-state index contributed by atoms with van der Waals surface area (Å²) < 4.78 is 5.11. The molecule has 1 aromatic rings. The largest absolute Gasteiger partial charge is 0.465 e. The van der Waals surface area contributed by atoms with Gasteiger partial charge in [-0.25, -0.2) is 0 Å². The molecule has 1 aromatic carbocycles. The average Bonchev–Trinajstić information content (AvgIpc) is 2.82. The maximum Gasteiger partial charge on any atom is 0.323 e. The lowest BCUT2D eigenvalue weighted by Gasteiger charge is -2.22. The zero-order chi connectivity index (χ0) is 13.8. The van der Waals surface area contributed by atoms with Gasteiger partial charge in [-0.1, -0.05) is 29.3 Å². The molecule has 1 aliphatic heterocycles. The van der Waals surface area contributed by atoms with Gasteiger partial charge in [0.25, 0.3) is 0 Å². The van der Waals surface area contributed by atoms with Gasteiger partial charge in [-0.2, -0.15) is 0 Å². The monoisotopic (exact) mass is 301 g/mol. The van der Waals surface area contributed by atoms with E-state index < -0.39 is 0 Å². The number of rotatable bonds is 4. The van der Waals surface area contributed by atoms with Gasteiger partial charge in [0, 0.05) is 6.54 Å². The molecule has 0 amide bonds. The van der Waals surface area contributed by atoms with Crippen molar-refractivity contribution in [1.82, 2.24) is 4.90 Å². The first-order valence-electron chi connectivity index (χ1n) is 6.46. The Kier molecular flexibility index (Phi) is 5.08. The Morgan fingerprint density at radius 2 is 2.21 bits per heavy atom. The second-order valence-electron chi connectivity index (χ2n) is 4.63. The Balaban J connectivity index is 2.04. The molecular formula is C14H17Cl2NO2. The predicted molar refractivity (Wildman–Crippen MR) is 76.5 cm³/mol. The van der Waals surface area contributed by atoms with Gasteiger partial charge in [-0.3, -0.25) is 9.69 Å². The van der Waals surface area contributed by atoms with Crippen LogP contribution in [0, 0.1) is 0 Å². The lowest BCUT2D eigenvalue weighted by Crippen LogP contribution is -2.36. The number of esters is 1. The first-order chi connectivity index (χ1) is 9.11. The van der Waals surface area contributed by atoms with E-state index >= 15 is 0 Å². The molecule has 104 valence electrons. The van der Waals surface area contributed by atoms with E-state index in [9.17, 15) is 4.79 Å². The van der Waals surface area contributed by atoms with Crippen molar-refractivity contribution < 1.29 is 9.53 Å². The molecular weight excluding hydrogens is 285 g/mol. The van der Waals surface area contributed by atoms with Gasteiger partial charge in [-0.15, -0.1) is 0 Å². The van der Waals surface area contributed by atoms with Gasteiger partial charge in [0.15, 0.2) is 0 Å². The second-order valence-corrected chi connectivity index (χ2v) is 5.44. The van der Waals surface area contributed by atoms with Crippen LogP contribution >= 0.6 is 23.2 Å². The fourth-order valence-corrected chi connectivity index (χ4v) is 2.71. The van der Waals surface area contributed by atoms with Crippen molar-refractivity contribution in [2.45, 2.75) is 32.4 Å². The molecule has 1 atom stereocenters. The Bertz CT molecular complexity index is 465. The molecule has 0 aromatic heterocycles. The third-order valence-corrected chi connectivity index (χ3v) is 4.03. The van der Waals surface area contributed by atoms with E-state index in [0.717, 1.165) is 24.9 Å². The number of hydrogen-bond acceptors (Lipinski definition) is 3. The molecule has 1 aliphatic rings. The summed E-state index contributed by atoms with van der Waals surface area (Å²) in [4.78, 5) is 14.0. The summed E-state index contributed by atoms with van der Waals surface area (Å²) in [6, 6.07) is 5.45. The molecule has 0 radical (unpaired) electrons. The molecule has 0 saturated carbocycles. The van der Waals surface area contributed by atoms with Crippen LogP contribution in [0.4, 0.5) is 0 Å². The standard InChI is InChI=1S/C14H17Cl2NO2/c1-2-19-14(18)13-4-3-7-17(13)9-10-5-6-11(15)12(16)8-10/h5-6,8,13H,2-4,7,9H2,1H3. The molecule has 19 heavy (non-hydrogen) atoms. The van der Waals surface area contributed by atoms with Crippen LogP contribution in [0.3, 0.4) is 0 Å². The Morgan fingerprint density at radius 1 is 1.42 bits per heavy atom. The second kappa shape index (κ2) is 6.60. The number of hydrogen-bond donors (Lipinski definition) is 0. The highest BCUT2D eigenvalue weighted by molar-refractivity contribution is 6.42. The molecule has 5 heteroatoms. The highest BCUT2D eigenvalue weighted by Gasteiger charge is 2.31. The van der Waals surface area contributed by atoms with Gasteiger partial charge in [0.1, 0.15) is 6.04 Å². The van der Waals surface area contributed by atoms with Gasteiger partial charge < -0.3 is 4.74 Å². The van der Waals surface area contributed by atoms with E-state index in [1.54, 1.807) is 6.07 Å². The Morgan fingerprint density at radius 3 is 2.89 bits per heavy atom. The van der Waals surface area contributed by atoms with Crippen LogP contribution in [0.1, 0.15) is 25.3 Å². The van der Waals surface area contributed by atoms with Gasteiger partial charge in [-0.05, 0) is 44.0 Å². The summed E-state index contributed by atoms with van der Waals surface area (Å²) in [5.74, 6) is -0.125. The number of carbonyl (C=O) groups is 1. The zero-order valence-corrected chi connectivity index (χ0v) is 12.4. The molecule has 1 saturated heterocycles. The quantitative estimate of drug-likeness (QED) is 0.797. The van der Waals surface area contributed by atoms with Crippen LogP contribution in [-0.4, -0.2) is 30.1 Å². The van der Waals surface area contributed by atoms with Crippen molar-refractivity contribution >= 4 is 29.2 Å². The minimum atomic E-state index is -0.130. The van der Waals surface area contributed by atoms with E-state index in [2.05, 4.69) is 4.90 Å². The maximum absolute atomic E-state index is 11.9.